The van der Waals surface area contributed by atoms with Crippen LogP contribution < -0.4 is 0 Å². The Bertz CT molecular complexity index is 1010. The molecule has 0 unspecified atom stereocenters. The van der Waals surface area contributed by atoms with Crippen LogP contribution in [0.5, 0.6) is 0 Å². The fraction of sp³-hybridized carbons (Fsp3) is 0.259. The molecule has 4 aliphatic rings. The molecule has 0 spiro atoms. The first kappa shape index (κ1) is 15.3. The molecule has 2 heterocycles. The number of ether oxygens (including phenoxy) is 1. The molecule has 1 saturated carbocycles. The van der Waals surface area contributed by atoms with E-state index in [9.17, 15) is 0 Å². The summed E-state index contributed by atoms with van der Waals surface area (Å²) in [5.74, 6) is 2.21. The van der Waals surface area contributed by atoms with E-state index in [-0.39, 0.29) is 11.2 Å². The molecule has 28 heavy (non-hydrogen) atoms. The lowest BCUT2D eigenvalue weighted by atomic mass is 9.57. The van der Waals surface area contributed by atoms with Crippen LogP contribution in [-0.2, 0) is 15.9 Å². The number of hydrogen-bond donors (Lipinski definition) is 0. The van der Waals surface area contributed by atoms with Gasteiger partial charge in [-0.05, 0) is 40.5 Å². The normalized spacial score (nSPS) is 38.6. The summed E-state index contributed by atoms with van der Waals surface area (Å²) >= 11 is 0. The van der Waals surface area contributed by atoms with E-state index in [0.29, 0.717) is 23.7 Å². The van der Waals surface area contributed by atoms with Gasteiger partial charge in [-0.1, -0.05) is 97.1 Å². The van der Waals surface area contributed by atoms with Crippen molar-refractivity contribution in [2.75, 3.05) is 0 Å². The molecule has 6 atom stereocenters. The van der Waals surface area contributed by atoms with Crippen molar-refractivity contribution in [3.63, 3.8) is 0 Å². The Morgan fingerprint density at radius 3 is 1.46 bits per heavy atom. The Labute approximate surface area is 165 Å². The minimum absolute atomic E-state index is 0.345. The van der Waals surface area contributed by atoms with Crippen LogP contribution in [0.4, 0.5) is 0 Å². The second kappa shape index (κ2) is 5.04. The van der Waals surface area contributed by atoms with Gasteiger partial charge in [0.2, 0.25) is 0 Å². The third-order valence-electron chi connectivity index (χ3n) is 7.85. The van der Waals surface area contributed by atoms with E-state index in [4.69, 9.17) is 4.74 Å². The van der Waals surface area contributed by atoms with Crippen molar-refractivity contribution in [2.45, 2.75) is 17.6 Å². The monoisotopic (exact) mass is 362 g/mol. The van der Waals surface area contributed by atoms with Crippen LogP contribution in [0, 0.1) is 23.7 Å². The lowest BCUT2D eigenvalue weighted by molar-refractivity contribution is -0.0666. The van der Waals surface area contributed by atoms with Gasteiger partial charge in [-0.3, -0.25) is 0 Å². The van der Waals surface area contributed by atoms with Crippen molar-refractivity contribution >= 4 is 0 Å². The zero-order valence-electron chi connectivity index (χ0n) is 15.7. The van der Waals surface area contributed by atoms with Gasteiger partial charge in [0, 0.05) is 11.8 Å². The highest BCUT2D eigenvalue weighted by Gasteiger charge is 2.75. The number of allylic oxidation sites excluding steroid dienone is 2. The summed E-state index contributed by atoms with van der Waals surface area (Å²) in [6.45, 7) is 0. The Hall–Kier alpha value is -2.64. The van der Waals surface area contributed by atoms with Gasteiger partial charge >= 0.3 is 0 Å². The van der Waals surface area contributed by atoms with E-state index in [2.05, 4.69) is 97.1 Å². The molecule has 2 fully saturated rings. The molecule has 0 aromatic heterocycles. The van der Waals surface area contributed by atoms with Crippen molar-refractivity contribution in [3.05, 3.63) is 119 Å². The zero-order chi connectivity index (χ0) is 18.3. The van der Waals surface area contributed by atoms with Crippen LogP contribution in [0.1, 0.15) is 28.7 Å². The molecule has 1 heteroatoms. The van der Waals surface area contributed by atoms with Crippen LogP contribution in [0.3, 0.4) is 0 Å². The largest absolute Gasteiger partial charge is 0.349 e. The summed E-state index contributed by atoms with van der Waals surface area (Å²) in [5, 5.41) is 0. The van der Waals surface area contributed by atoms with Gasteiger partial charge < -0.3 is 4.74 Å². The van der Waals surface area contributed by atoms with E-state index in [1.165, 1.54) is 28.7 Å². The smallest absolute Gasteiger partial charge is 0.124 e. The second-order valence-electron chi connectivity index (χ2n) is 8.85. The van der Waals surface area contributed by atoms with E-state index in [0.717, 1.165) is 0 Å². The molecule has 3 aromatic carbocycles. The minimum Gasteiger partial charge on any atom is -0.349 e. The molecule has 3 aromatic rings. The molecule has 136 valence electrons. The van der Waals surface area contributed by atoms with Gasteiger partial charge in [0.05, 0.1) is 0 Å². The molecular formula is C27H22O. The third-order valence-corrected chi connectivity index (χ3v) is 7.85. The zero-order valence-corrected chi connectivity index (χ0v) is 15.7. The topological polar surface area (TPSA) is 9.23 Å². The average Bonchev–Trinajstić information content (AvgIpc) is 3.52. The number of fused-ring (bicyclic) bond motifs is 12. The van der Waals surface area contributed by atoms with Crippen LogP contribution in [0.25, 0.3) is 0 Å². The quantitative estimate of drug-likeness (QED) is 0.535. The third kappa shape index (κ3) is 1.53. The Balaban J connectivity index is 1.60. The van der Waals surface area contributed by atoms with E-state index < -0.39 is 0 Å². The highest BCUT2D eigenvalue weighted by molar-refractivity contribution is 5.59. The summed E-state index contributed by atoms with van der Waals surface area (Å²) in [6, 6.07) is 31.0. The van der Waals surface area contributed by atoms with Crippen LogP contribution >= 0.6 is 0 Å². The van der Waals surface area contributed by atoms with E-state index in [1.807, 2.05) is 0 Å². The lowest BCUT2D eigenvalue weighted by Crippen LogP contribution is -2.42. The summed E-state index contributed by atoms with van der Waals surface area (Å²) in [5.41, 5.74) is 4.70. The Morgan fingerprint density at radius 1 is 0.571 bits per heavy atom. The van der Waals surface area contributed by atoms with Crippen molar-refractivity contribution in [1.29, 1.82) is 0 Å². The minimum atomic E-state index is -0.345. The first-order valence-corrected chi connectivity index (χ1v) is 10.5. The second-order valence-corrected chi connectivity index (χ2v) is 8.85. The summed E-state index contributed by atoms with van der Waals surface area (Å²) in [6.07, 6.45) is 6.22. The highest BCUT2D eigenvalue weighted by Crippen LogP contribution is 2.75. The molecule has 4 bridgehead atoms. The van der Waals surface area contributed by atoms with Gasteiger partial charge in [0.1, 0.15) is 11.2 Å². The molecule has 0 amide bonds. The maximum absolute atomic E-state index is 7.40. The van der Waals surface area contributed by atoms with E-state index >= 15 is 0 Å². The first-order chi connectivity index (χ1) is 13.9. The molecule has 2 aliphatic carbocycles. The molecule has 1 nitrogen and oxygen atoms in total. The van der Waals surface area contributed by atoms with Crippen LogP contribution in [-0.4, -0.2) is 0 Å². The Kier molecular flexibility index (Phi) is 2.75. The molecule has 1 saturated heterocycles. The van der Waals surface area contributed by atoms with Crippen molar-refractivity contribution in [3.8, 4) is 0 Å². The Morgan fingerprint density at radius 2 is 1.00 bits per heavy atom. The fourth-order valence-electron chi connectivity index (χ4n) is 7.11. The van der Waals surface area contributed by atoms with Crippen LogP contribution in [0.2, 0.25) is 0 Å². The molecule has 7 rings (SSSR count). The SMILES string of the molecule is C1=C[C@H]2C[C@H]1[C@H]1[C@H]2[C@@]2(c3ccccc3)O[C@@]1(c1ccccc1)c1ccccc12. The predicted octanol–water partition coefficient (Wildman–Crippen LogP) is 5.66. The fourth-order valence-corrected chi connectivity index (χ4v) is 7.11. The summed E-state index contributed by atoms with van der Waals surface area (Å²) in [4.78, 5) is 0. The van der Waals surface area contributed by atoms with Gasteiger partial charge in [-0.2, -0.15) is 0 Å². The van der Waals surface area contributed by atoms with Crippen molar-refractivity contribution < 1.29 is 4.74 Å². The molecule has 2 aliphatic heterocycles. The molecule has 0 N–H and O–H groups in total. The first-order valence-electron chi connectivity index (χ1n) is 10.5. The summed E-state index contributed by atoms with van der Waals surface area (Å²) in [7, 11) is 0. The number of rotatable bonds is 2. The van der Waals surface area contributed by atoms with Gasteiger partial charge in [-0.15, -0.1) is 0 Å². The number of benzene rings is 3. The summed E-state index contributed by atoms with van der Waals surface area (Å²) < 4.78 is 7.40. The van der Waals surface area contributed by atoms with Crippen LogP contribution in [0.15, 0.2) is 97.1 Å². The maximum atomic E-state index is 7.40. The standard InChI is InChI=1S/C27H22O/c1-3-9-20(10-4-1)26-22-13-7-8-14-23(22)27(28-26,21-11-5-2-6-12-21)25-19-16-15-18(17-19)24(25)26/h1-16,18-19,24-25H,17H2/t18-,19-,24-,25-,26-,27-/m0/s1. The van der Waals surface area contributed by atoms with Crippen molar-refractivity contribution in [1.82, 2.24) is 0 Å². The van der Waals surface area contributed by atoms with Crippen molar-refractivity contribution in [2.24, 2.45) is 23.7 Å². The molecular weight excluding hydrogens is 340 g/mol. The van der Waals surface area contributed by atoms with Gasteiger partial charge in [0.25, 0.3) is 0 Å². The van der Waals surface area contributed by atoms with Gasteiger partial charge in [0.15, 0.2) is 0 Å². The van der Waals surface area contributed by atoms with Gasteiger partial charge in [-0.25, -0.2) is 0 Å². The molecule has 0 radical (unpaired) electrons. The number of hydrogen-bond acceptors (Lipinski definition) is 1. The average molecular weight is 362 g/mol. The highest BCUT2D eigenvalue weighted by atomic mass is 16.5. The predicted molar refractivity (Wildman–Crippen MR) is 110 cm³/mol. The van der Waals surface area contributed by atoms with E-state index in [1.54, 1.807) is 0 Å². The lowest BCUT2D eigenvalue weighted by Gasteiger charge is -2.41. The maximum Gasteiger partial charge on any atom is 0.124 e.